The minimum atomic E-state index is 0.280. The molecule has 1 N–H and O–H groups in total. The number of nitrogens with one attached hydrogen (secondary N) is 1. The summed E-state index contributed by atoms with van der Waals surface area (Å²) >= 11 is 0. The molecule has 0 unspecified atom stereocenters. The zero-order chi connectivity index (χ0) is 11.1. The summed E-state index contributed by atoms with van der Waals surface area (Å²) in [4.78, 5) is 2.49. The van der Waals surface area contributed by atoms with E-state index in [9.17, 15) is 0 Å². The molecule has 0 aromatic carbocycles. The second kappa shape index (κ2) is 6.46. The zero-order valence-corrected chi connectivity index (χ0v) is 10.5. The molecule has 1 saturated heterocycles. The van der Waals surface area contributed by atoms with E-state index in [0.717, 1.165) is 32.8 Å². The lowest BCUT2D eigenvalue weighted by Gasteiger charge is -2.27. The van der Waals surface area contributed by atoms with Crippen LogP contribution in [0.4, 0.5) is 0 Å². The van der Waals surface area contributed by atoms with Crippen LogP contribution in [0.3, 0.4) is 0 Å². The van der Waals surface area contributed by atoms with Crippen LogP contribution in [-0.2, 0) is 4.74 Å². The van der Waals surface area contributed by atoms with Crippen LogP contribution < -0.4 is 5.32 Å². The van der Waals surface area contributed by atoms with Gasteiger partial charge in [-0.15, -0.1) is 0 Å². The molecule has 0 saturated carbocycles. The van der Waals surface area contributed by atoms with Crippen LogP contribution >= 0.6 is 0 Å². The number of nitrogens with zero attached hydrogens (tertiary/aromatic N) is 1. The molecule has 0 aromatic heterocycles. The summed E-state index contributed by atoms with van der Waals surface area (Å²) in [5.41, 5.74) is 0.280. The van der Waals surface area contributed by atoms with Gasteiger partial charge < -0.3 is 10.1 Å². The third-order valence-electron chi connectivity index (χ3n) is 3.23. The Morgan fingerprint density at radius 1 is 1.27 bits per heavy atom. The van der Waals surface area contributed by atoms with E-state index < -0.39 is 0 Å². The molecule has 1 aliphatic rings. The second-order valence-corrected chi connectivity index (χ2v) is 4.97. The molecule has 0 bridgehead atoms. The van der Waals surface area contributed by atoms with Crippen LogP contribution in [0.1, 0.15) is 33.6 Å². The van der Waals surface area contributed by atoms with Crippen LogP contribution in [0, 0.1) is 0 Å². The Morgan fingerprint density at radius 3 is 2.80 bits per heavy atom. The van der Waals surface area contributed by atoms with Crippen LogP contribution in [0.2, 0.25) is 0 Å². The highest BCUT2D eigenvalue weighted by Gasteiger charge is 2.14. The average molecular weight is 214 g/mol. The third kappa shape index (κ3) is 5.50. The molecule has 15 heavy (non-hydrogen) atoms. The number of hydrogen-bond acceptors (Lipinski definition) is 3. The van der Waals surface area contributed by atoms with Crippen molar-refractivity contribution in [2.24, 2.45) is 0 Å². The fourth-order valence-electron chi connectivity index (χ4n) is 1.70. The van der Waals surface area contributed by atoms with Gasteiger partial charge in [0.15, 0.2) is 0 Å². The Bertz CT molecular complexity index is 163. The van der Waals surface area contributed by atoms with E-state index >= 15 is 0 Å². The van der Waals surface area contributed by atoms with Gasteiger partial charge >= 0.3 is 0 Å². The molecule has 1 rings (SSSR count). The average Bonchev–Trinajstić information content (AvgIpc) is 2.46. The highest BCUT2D eigenvalue weighted by atomic mass is 16.5. The van der Waals surface area contributed by atoms with Gasteiger partial charge in [-0.1, -0.05) is 6.92 Å². The van der Waals surface area contributed by atoms with Crippen LogP contribution in [-0.4, -0.2) is 49.8 Å². The standard InChI is InChI=1S/C12H26N2O/c1-4-12(2,3)13-6-8-14-7-5-10-15-11-9-14/h13H,4-11H2,1-3H3. The Hall–Kier alpha value is -0.120. The van der Waals surface area contributed by atoms with E-state index in [1.165, 1.54) is 19.4 Å². The zero-order valence-electron chi connectivity index (χ0n) is 10.5. The third-order valence-corrected chi connectivity index (χ3v) is 3.23. The molecule has 0 amide bonds. The molecule has 1 aliphatic heterocycles. The minimum absolute atomic E-state index is 0.280. The van der Waals surface area contributed by atoms with Crippen LogP contribution in [0.15, 0.2) is 0 Å². The molecule has 1 fully saturated rings. The predicted octanol–water partition coefficient (Wildman–Crippen LogP) is 1.49. The van der Waals surface area contributed by atoms with Gasteiger partial charge in [-0.05, 0) is 26.7 Å². The highest BCUT2D eigenvalue weighted by molar-refractivity contribution is 4.76. The van der Waals surface area contributed by atoms with Crippen molar-refractivity contribution in [3.05, 3.63) is 0 Å². The Kier molecular flexibility index (Phi) is 5.58. The van der Waals surface area contributed by atoms with E-state index in [4.69, 9.17) is 4.74 Å². The fourth-order valence-corrected chi connectivity index (χ4v) is 1.70. The van der Waals surface area contributed by atoms with E-state index in [1.54, 1.807) is 0 Å². The van der Waals surface area contributed by atoms with Gasteiger partial charge in [-0.3, -0.25) is 4.90 Å². The maximum Gasteiger partial charge on any atom is 0.0593 e. The molecule has 3 heteroatoms. The summed E-state index contributed by atoms with van der Waals surface area (Å²) in [6.07, 6.45) is 2.35. The van der Waals surface area contributed by atoms with Crippen molar-refractivity contribution in [1.29, 1.82) is 0 Å². The van der Waals surface area contributed by atoms with Crippen LogP contribution in [0.25, 0.3) is 0 Å². The van der Waals surface area contributed by atoms with Crippen molar-refractivity contribution in [3.63, 3.8) is 0 Å². The van der Waals surface area contributed by atoms with Crippen LogP contribution in [0.5, 0.6) is 0 Å². The molecule has 0 spiro atoms. The SMILES string of the molecule is CCC(C)(C)NCCN1CCCOCC1. The van der Waals surface area contributed by atoms with E-state index in [2.05, 4.69) is 31.0 Å². The van der Waals surface area contributed by atoms with Crippen molar-refractivity contribution in [2.75, 3.05) is 39.4 Å². The van der Waals surface area contributed by atoms with Gasteiger partial charge in [-0.25, -0.2) is 0 Å². The van der Waals surface area contributed by atoms with Gasteiger partial charge in [0, 0.05) is 38.3 Å². The van der Waals surface area contributed by atoms with Gasteiger partial charge in [0.25, 0.3) is 0 Å². The normalized spacial score (nSPS) is 20.2. The molecule has 0 atom stereocenters. The van der Waals surface area contributed by atoms with Gasteiger partial charge in [0.1, 0.15) is 0 Å². The summed E-state index contributed by atoms with van der Waals surface area (Å²) in [6.45, 7) is 13.1. The van der Waals surface area contributed by atoms with Crippen molar-refractivity contribution in [1.82, 2.24) is 10.2 Å². The predicted molar refractivity (Wildman–Crippen MR) is 64.2 cm³/mol. The number of ether oxygens (including phenoxy) is 1. The monoisotopic (exact) mass is 214 g/mol. The van der Waals surface area contributed by atoms with Gasteiger partial charge in [0.2, 0.25) is 0 Å². The Morgan fingerprint density at radius 2 is 2.07 bits per heavy atom. The van der Waals surface area contributed by atoms with Crippen molar-refractivity contribution in [3.8, 4) is 0 Å². The van der Waals surface area contributed by atoms with E-state index in [0.29, 0.717) is 0 Å². The number of hydrogen-bond donors (Lipinski definition) is 1. The molecular weight excluding hydrogens is 188 g/mol. The van der Waals surface area contributed by atoms with Crippen molar-refractivity contribution in [2.45, 2.75) is 39.2 Å². The summed E-state index contributed by atoms with van der Waals surface area (Å²) < 4.78 is 5.43. The summed E-state index contributed by atoms with van der Waals surface area (Å²) in [6, 6.07) is 0. The highest BCUT2D eigenvalue weighted by Crippen LogP contribution is 2.06. The Balaban J connectivity index is 2.13. The van der Waals surface area contributed by atoms with Crippen molar-refractivity contribution >= 4 is 0 Å². The molecule has 1 heterocycles. The fraction of sp³-hybridized carbons (Fsp3) is 1.00. The lowest BCUT2D eigenvalue weighted by molar-refractivity contribution is 0.141. The summed E-state index contributed by atoms with van der Waals surface area (Å²) in [5.74, 6) is 0. The van der Waals surface area contributed by atoms with Gasteiger partial charge in [-0.2, -0.15) is 0 Å². The quantitative estimate of drug-likeness (QED) is 0.750. The summed E-state index contributed by atoms with van der Waals surface area (Å²) in [5, 5.41) is 3.59. The van der Waals surface area contributed by atoms with Gasteiger partial charge in [0.05, 0.1) is 6.61 Å². The molecular formula is C12H26N2O. The largest absolute Gasteiger partial charge is 0.380 e. The van der Waals surface area contributed by atoms with Crippen molar-refractivity contribution < 1.29 is 4.74 Å². The Labute approximate surface area is 94.2 Å². The smallest absolute Gasteiger partial charge is 0.0593 e. The minimum Gasteiger partial charge on any atom is -0.380 e. The molecule has 0 aromatic rings. The van der Waals surface area contributed by atoms with E-state index in [1.807, 2.05) is 0 Å². The first kappa shape index (κ1) is 12.9. The lowest BCUT2D eigenvalue weighted by Crippen LogP contribution is -2.43. The van der Waals surface area contributed by atoms with E-state index in [-0.39, 0.29) is 5.54 Å². The maximum absolute atomic E-state index is 5.43. The molecule has 3 nitrogen and oxygen atoms in total. The maximum atomic E-state index is 5.43. The molecule has 0 radical (unpaired) electrons. The summed E-state index contributed by atoms with van der Waals surface area (Å²) in [7, 11) is 0. The first-order valence-corrected chi connectivity index (χ1v) is 6.19. The first-order chi connectivity index (χ1) is 7.14. The number of rotatable bonds is 5. The molecule has 90 valence electrons. The molecule has 0 aliphatic carbocycles. The first-order valence-electron chi connectivity index (χ1n) is 6.19. The second-order valence-electron chi connectivity index (χ2n) is 4.97. The topological polar surface area (TPSA) is 24.5 Å². The lowest BCUT2D eigenvalue weighted by atomic mass is 10.0.